The predicted octanol–water partition coefficient (Wildman–Crippen LogP) is 1.45. The molecule has 0 aliphatic heterocycles. The Hall–Kier alpha value is -0.747. The van der Waals surface area contributed by atoms with Gasteiger partial charge in [-0.3, -0.25) is 0 Å². The fraction of sp³-hybridized carbons (Fsp3) is 0.393. The van der Waals surface area contributed by atoms with Crippen LogP contribution < -0.4 is 24.8 Å². The summed E-state index contributed by atoms with van der Waals surface area (Å²) in [5.74, 6) is 0. The standard InChI is InChI=1S/C22H21.C6H10.2ClH.Zr/c1-3-15-13-20-19-12-8-7-11-17(19)14-21(20)22(18(15)4-2)16-9-5-6-10-16;1-2-4-6-5-3-1;;;/h5-9,11-14H,3-4,10H2,1-2H3;1-5H2;2*1H;/q;;;;+2/p-2. The summed E-state index contributed by atoms with van der Waals surface area (Å²) in [4.78, 5) is 0. The van der Waals surface area contributed by atoms with Gasteiger partial charge >= 0.3 is 188 Å². The zero-order valence-electron chi connectivity index (χ0n) is 18.6. The molecule has 2 aromatic carbocycles. The predicted molar refractivity (Wildman–Crippen MR) is 122 cm³/mol. The van der Waals surface area contributed by atoms with Crippen molar-refractivity contribution in [3.8, 4) is 11.1 Å². The molecule has 3 aliphatic rings. The molecule has 0 amide bonds. The molecule has 1 fully saturated rings. The summed E-state index contributed by atoms with van der Waals surface area (Å²) >= 11 is -0.645. The molecule has 5 rings (SSSR count). The van der Waals surface area contributed by atoms with E-state index in [0.29, 0.717) is 3.63 Å². The molecule has 1 saturated carbocycles. The van der Waals surface area contributed by atoms with E-state index in [1.807, 2.05) is 3.21 Å². The molecule has 0 aromatic heterocycles. The van der Waals surface area contributed by atoms with Crippen LogP contribution in [-0.4, -0.2) is 3.21 Å². The number of hydrogen-bond donors (Lipinski definition) is 0. The molecule has 0 heterocycles. The third-order valence-electron chi connectivity index (χ3n) is 7.05. The fourth-order valence-corrected chi connectivity index (χ4v) is 10.3. The summed E-state index contributed by atoms with van der Waals surface area (Å²) in [5, 5.41) is 0. The molecule has 3 aliphatic carbocycles. The van der Waals surface area contributed by atoms with Crippen molar-refractivity contribution < 1.29 is 47.6 Å². The van der Waals surface area contributed by atoms with E-state index in [0.717, 1.165) is 19.3 Å². The first-order valence-electron chi connectivity index (χ1n) is 11.6. The number of aryl methyl sites for hydroxylation is 1. The van der Waals surface area contributed by atoms with Gasteiger partial charge < -0.3 is 24.8 Å². The first-order chi connectivity index (χ1) is 14.3. The van der Waals surface area contributed by atoms with Crippen LogP contribution in [0.4, 0.5) is 0 Å². The van der Waals surface area contributed by atoms with Crippen molar-refractivity contribution in [1.82, 2.24) is 0 Å². The average molecular weight is 530 g/mol. The SMILES string of the molecule is CCc1cc2c(c(C3=CC=CC3)c1CC)[CH]([Zr+2]=[C]1CCCCC1)c1ccccc1-2.[Cl-].[Cl-]. The van der Waals surface area contributed by atoms with E-state index in [1.54, 1.807) is 39.0 Å². The fourth-order valence-electron chi connectivity index (χ4n) is 5.66. The third-order valence-corrected chi connectivity index (χ3v) is 11.5. The smallest absolute Gasteiger partial charge is 1.00 e. The van der Waals surface area contributed by atoms with Gasteiger partial charge in [0.2, 0.25) is 0 Å². The topological polar surface area (TPSA) is 0 Å². The van der Waals surface area contributed by atoms with E-state index in [1.165, 1.54) is 37.7 Å². The molecule has 2 aromatic rings. The maximum atomic E-state index is 2.57. The van der Waals surface area contributed by atoms with Crippen LogP contribution in [0, 0.1) is 0 Å². The molecular formula is C28H31Cl2Zr. The summed E-state index contributed by atoms with van der Waals surface area (Å²) in [6.45, 7) is 4.69. The Morgan fingerprint density at radius 1 is 0.935 bits per heavy atom. The maximum absolute atomic E-state index is 2.57. The van der Waals surface area contributed by atoms with Crippen molar-refractivity contribution in [2.45, 2.75) is 68.8 Å². The van der Waals surface area contributed by atoms with E-state index in [-0.39, 0.29) is 24.8 Å². The van der Waals surface area contributed by atoms with E-state index in [2.05, 4.69) is 62.4 Å². The van der Waals surface area contributed by atoms with E-state index in [9.17, 15) is 0 Å². The molecular weight excluding hydrogens is 498 g/mol. The summed E-state index contributed by atoms with van der Waals surface area (Å²) in [6, 6.07) is 11.9. The maximum Gasteiger partial charge on any atom is -1.00 e. The van der Waals surface area contributed by atoms with Gasteiger partial charge in [0, 0.05) is 0 Å². The summed E-state index contributed by atoms with van der Waals surface area (Å²) in [7, 11) is 0. The van der Waals surface area contributed by atoms with E-state index in [4.69, 9.17) is 0 Å². The Bertz CT molecular complexity index is 1040. The zero-order chi connectivity index (χ0) is 19.8. The van der Waals surface area contributed by atoms with Gasteiger partial charge in [0.1, 0.15) is 0 Å². The second-order valence-electron chi connectivity index (χ2n) is 8.71. The Morgan fingerprint density at radius 3 is 2.39 bits per heavy atom. The number of benzene rings is 2. The molecule has 0 nitrogen and oxygen atoms in total. The zero-order valence-corrected chi connectivity index (χ0v) is 22.6. The van der Waals surface area contributed by atoms with Gasteiger partial charge in [-0.2, -0.15) is 0 Å². The first-order valence-corrected chi connectivity index (χ1v) is 14.2. The quantitative estimate of drug-likeness (QED) is 0.563. The number of halogens is 2. The third kappa shape index (κ3) is 4.53. The Balaban J connectivity index is 0.00000136. The molecule has 31 heavy (non-hydrogen) atoms. The second-order valence-corrected chi connectivity index (χ2v) is 12.6. The van der Waals surface area contributed by atoms with Crippen LogP contribution in [0.5, 0.6) is 0 Å². The Kier molecular flexibility index (Phi) is 8.76. The number of fused-ring (bicyclic) bond motifs is 3. The molecule has 0 saturated heterocycles. The van der Waals surface area contributed by atoms with Gasteiger partial charge in [-0.05, 0) is 0 Å². The van der Waals surface area contributed by atoms with Gasteiger partial charge in [-0.25, -0.2) is 0 Å². The van der Waals surface area contributed by atoms with Crippen LogP contribution >= 0.6 is 0 Å². The monoisotopic (exact) mass is 527 g/mol. The van der Waals surface area contributed by atoms with Gasteiger partial charge in [-0.1, -0.05) is 0 Å². The minimum absolute atomic E-state index is 0. The van der Waals surface area contributed by atoms with Gasteiger partial charge in [0.25, 0.3) is 0 Å². The number of hydrogen-bond acceptors (Lipinski definition) is 0. The van der Waals surface area contributed by atoms with Gasteiger partial charge in [-0.15, -0.1) is 0 Å². The summed E-state index contributed by atoms with van der Waals surface area (Å²) in [5.41, 5.74) is 12.9. The average Bonchev–Trinajstić information content (AvgIpc) is 3.41. The van der Waals surface area contributed by atoms with Crippen LogP contribution in [0.15, 0.2) is 48.6 Å². The van der Waals surface area contributed by atoms with Crippen molar-refractivity contribution in [2.24, 2.45) is 0 Å². The molecule has 3 heteroatoms. The van der Waals surface area contributed by atoms with Crippen LogP contribution in [0.1, 0.15) is 83.8 Å². The van der Waals surface area contributed by atoms with Crippen LogP contribution in [0.25, 0.3) is 16.7 Å². The van der Waals surface area contributed by atoms with Crippen LogP contribution in [0.2, 0.25) is 0 Å². The summed E-state index contributed by atoms with van der Waals surface area (Å²) in [6.07, 6.45) is 17.6. The van der Waals surface area contributed by atoms with Crippen molar-refractivity contribution in [3.63, 3.8) is 0 Å². The van der Waals surface area contributed by atoms with Crippen LogP contribution in [-0.2, 0) is 35.6 Å². The second kappa shape index (κ2) is 10.9. The Morgan fingerprint density at radius 2 is 1.71 bits per heavy atom. The number of allylic oxidation sites excluding steroid dienone is 4. The molecule has 161 valence electrons. The van der Waals surface area contributed by atoms with Crippen LogP contribution in [0.3, 0.4) is 0 Å². The first kappa shape index (κ1) is 24.9. The van der Waals surface area contributed by atoms with Gasteiger partial charge in [0.15, 0.2) is 0 Å². The van der Waals surface area contributed by atoms with E-state index >= 15 is 0 Å². The molecule has 0 bridgehead atoms. The van der Waals surface area contributed by atoms with Crippen molar-refractivity contribution in [1.29, 1.82) is 0 Å². The number of rotatable bonds is 4. The minimum Gasteiger partial charge on any atom is -1.00 e. The van der Waals surface area contributed by atoms with E-state index < -0.39 is 22.8 Å². The van der Waals surface area contributed by atoms with Crippen molar-refractivity contribution in [3.05, 3.63) is 76.4 Å². The Labute approximate surface area is 211 Å². The minimum atomic E-state index is -0.645. The summed E-state index contributed by atoms with van der Waals surface area (Å²) < 4.78 is 2.69. The van der Waals surface area contributed by atoms with Gasteiger partial charge in [0.05, 0.1) is 0 Å². The van der Waals surface area contributed by atoms with Crippen molar-refractivity contribution >= 4 is 8.78 Å². The molecule has 0 spiro atoms. The normalized spacial score (nSPS) is 18.5. The largest absolute Gasteiger partial charge is 1.00 e. The molecule has 1 unspecified atom stereocenters. The molecule has 0 N–H and O–H groups in total. The molecule has 1 atom stereocenters. The van der Waals surface area contributed by atoms with Crippen molar-refractivity contribution in [2.75, 3.05) is 0 Å². The molecule has 0 radical (unpaired) electrons.